The van der Waals surface area contributed by atoms with Crippen molar-refractivity contribution in [2.45, 2.75) is 26.4 Å². The number of carbonyl (C=O) groups excluding carboxylic acids is 1. The van der Waals surface area contributed by atoms with Crippen LogP contribution in [0, 0.1) is 6.92 Å². The number of aromatic nitrogens is 4. The van der Waals surface area contributed by atoms with Gasteiger partial charge in [-0.1, -0.05) is 40.9 Å². The second kappa shape index (κ2) is 8.65. The van der Waals surface area contributed by atoms with Gasteiger partial charge >= 0.3 is 0 Å². The number of rotatable bonds is 6. The summed E-state index contributed by atoms with van der Waals surface area (Å²) in [5.74, 6) is 0.0900. The zero-order valence-electron chi connectivity index (χ0n) is 14.2. The van der Waals surface area contributed by atoms with Crippen molar-refractivity contribution in [2.75, 3.05) is 5.32 Å². The molecule has 1 amide bonds. The standard InChI is InChI=1S/C17H15BrCl3N5O/c1-10-12(18)7-22-26(10)6-5-16(27)23-17-15(21)9-25(24-17)8-11-13(19)3-2-4-14(11)20/h2-4,7,9H,5-6,8H2,1H3,(H,23,24,27). The van der Waals surface area contributed by atoms with E-state index in [-0.39, 0.29) is 12.3 Å². The molecule has 0 saturated carbocycles. The highest BCUT2D eigenvalue weighted by Gasteiger charge is 2.14. The van der Waals surface area contributed by atoms with Crippen LogP contribution in [0.15, 0.2) is 35.1 Å². The Labute approximate surface area is 179 Å². The predicted molar refractivity (Wildman–Crippen MR) is 111 cm³/mol. The zero-order valence-corrected chi connectivity index (χ0v) is 18.1. The predicted octanol–water partition coefficient (Wildman–Crippen LogP) is 5.19. The molecule has 0 aliphatic rings. The monoisotopic (exact) mass is 489 g/mol. The van der Waals surface area contributed by atoms with Gasteiger partial charge in [-0.2, -0.15) is 10.2 Å². The maximum Gasteiger partial charge on any atom is 0.227 e. The minimum atomic E-state index is -0.205. The molecule has 2 heterocycles. The molecule has 6 nitrogen and oxygen atoms in total. The number of benzene rings is 1. The molecule has 10 heteroatoms. The lowest BCUT2D eigenvalue weighted by Crippen LogP contribution is -2.16. The van der Waals surface area contributed by atoms with E-state index in [1.54, 1.807) is 40.0 Å². The molecule has 0 aliphatic heterocycles. The maximum atomic E-state index is 12.2. The fourth-order valence-electron chi connectivity index (χ4n) is 2.46. The molecule has 1 aromatic carbocycles. The Balaban J connectivity index is 1.64. The first-order chi connectivity index (χ1) is 12.8. The Kier molecular flexibility index (Phi) is 6.47. The Bertz CT molecular complexity index is 965. The summed E-state index contributed by atoms with van der Waals surface area (Å²) in [5.41, 5.74) is 1.69. The van der Waals surface area contributed by atoms with Gasteiger partial charge < -0.3 is 5.32 Å². The molecular formula is C17H15BrCl3N5O. The quantitative estimate of drug-likeness (QED) is 0.516. The summed E-state index contributed by atoms with van der Waals surface area (Å²) in [6.45, 7) is 2.72. The molecule has 1 N–H and O–H groups in total. The van der Waals surface area contributed by atoms with Gasteiger partial charge in [0.2, 0.25) is 5.91 Å². The third-order valence-corrected chi connectivity index (χ3v) is 5.71. The van der Waals surface area contributed by atoms with E-state index < -0.39 is 0 Å². The van der Waals surface area contributed by atoms with Crippen molar-refractivity contribution in [1.82, 2.24) is 19.6 Å². The van der Waals surface area contributed by atoms with Crippen molar-refractivity contribution >= 4 is 62.5 Å². The summed E-state index contributed by atoms with van der Waals surface area (Å²) in [7, 11) is 0. The van der Waals surface area contributed by atoms with Crippen molar-refractivity contribution in [3.05, 3.63) is 61.4 Å². The van der Waals surface area contributed by atoms with Gasteiger partial charge in [0.15, 0.2) is 5.82 Å². The Morgan fingerprint density at radius 3 is 2.56 bits per heavy atom. The van der Waals surface area contributed by atoms with Crippen molar-refractivity contribution in [3.8, 4) is 0 Å². The van der Waals surface area contributed by atoms with E-state index in [4.69, 9.17) is 34.8 Å². The third kappa shape index (κ3) is 4.85. The second-order valence-corrected chi connectivity index (χ2v) is 7.90. The lowest BCUT2D eigenvalue weighted by atomic mass is 10.2. The third-order valence-electron chi connectivity index (χ3n) is 3.95. The Morgan fingerprint density at radius 1 is 1.22 bits per heavy atom. The molecule has 142 valence electrons. The van der Waals surface area contributed by atoms with Gasteiger partial charge in [0.05, 0.1) is 23.8 Å². The number of aryl methyl sites for hydroxylation is 1. The van der Waals surface area contributed by atoms with E-state index in [1.165, 1.54) is 0 Å². The van der Waals surface area contributed by atoms with Gasteiger partial charge in [-0.05, 0) is 35.0 Å². The number of hydrogen-bond donors (Lipinski definition) is 1. The molecule has 2 aromatic heterocycles. The summed E-state index contributed by atoms with van der Waals surface area (Å²) >= 11 is 22.0. The van der Waals surface area contributed by atoms with E-state index in [2.05, 4.69) is 31.4 Å². The SMILES string of the molecule is Cc1c(Br)cnn1CCC(=O)Nc1nn(Cc2c(Cl)cccc2Cl)cc1Cl. The van der Waals surface area contributed by atoms with Gasteiger partial charge in [0.1, 0.15) is 5.02 Å². The first kappa shape index (κ1) is 20.2. The van der Waals surface area contributed by atoms with Crippen molar-refractivity contribution < 1.29 is 4.79 Å². The molecule has 3 aromatic rings. The first-order valence-electron chi connectivity index (χ1n) is 7.98. The van der Waals surface area contributed by atoms with Crippen molar-refractivity contribution in [2.24, 2.45) is 0 Å². The van der Waals surface area contributed by atoms with E-state index in [9.17, 15) is 4.79 Å². The number of carbonyl (C=O) groups is 1. The van der Waals surface area contributed by atoms with E-state index in [1.807, 2.05) is 6.92 Å². The van der Waals surface area contributed by atoms with Crippen LogP contribution in [-0.4, -0.2) is 25.5 Å². The molecule has 0 aliphatic carbocycles. The van der Waals surface area contributed by atoms with Crippen LogP contribution in [0.25, 0.3) is 0 Å². The molecule has 3 rings (SSSR count). The van der Waals surface area contributed by atoms with Gasteiger partial charge in [-0.15, -0.1) is 0 Å². The second-order valence-electron chi connectivity index (χ2n) is 5.82. The van der Waals surface area contributed by atoms with Crippen LogP contribution >= 0.6 is 50.7 Å². The lowest BCUT2D eigenvalue weighted by molar-refractivity contribution is -0.116. The normalized spacial score (nSPS) is 11.0. The fraction of sp³-hybridized carbons (Fsp3) is 0.235. The molecule has 27 heavy (non-hydrogen) atoms. The lowest BCUT2D eigenvalue weighted by Gasteiger charge is -2.07. The fourth-order valence-corrected chi connectivity index (χ4v) is 3.47. The Hall–Kier alpha value is -1.54. The number of amides is 1. The highest BCUT2D eigenvalue weighted by atomic mass is 79.9. The summed E-state index contributed by atoms with van der Waals surface area (Å²) < 4.78 is 4.24. The molecule has 0 atom stereocenters. The first-order valence-corrected chi connectivity index (χ1v) is 9.91. The molecule has 0 radical (unpaired) electrons. The van der Waals surface area contributed by atoms with Crippen molar-refractivity contribution in [1.29, 1.82) is 0 Å². The van der Waals surface area contributed by atoms with Gasteiger partial charge in [-0.25, -0.2) is 0 Å². The van der Waals surface area contributed by atoms with Crippen LogP contribution in [0.2, 0.25) is 15.1 Å². The molecule has 0 spiro atoms. The van der Waals surface area contributed by atoms with Gasteiger partial charge in [0.25, 0.3) is 0 Å². The largest absolute Gasteiger partial charge is 0.308 e. The maximum absolute atomic E-state index is 12.2. The summed E-state index contributed by atoms with van der Waals surface area (Å²) in [4.78, 5) is 12.2. The summed E-state index contributed by atoms with van der Waals surface area (Å²) in [6, 6.07) is 5.29. The number of halogens is 4. The van der Waals surface area contributed by atoms with Crippen LogP contribution in [0.1, 0.15) is 17.7 Å². The molecule has 0 fully saturated rings. The van der Waals surface area contributed by atoms with Crippen LogP contribution < -0.4 is 5.32 Å². The minimum absolute atomic E-state index is 0.205. The molecular weight excluding hydrogens is 476 g/mol. The average Bonchev–Trinajstić information content (AvgIpc) is 3.12. The van der Waals surface area contributed by atoms with Crippen LogP contribution in [-0.2, 0) is 17.9 Å². The van der Waals surface area contributed by atoms with Crippen LogP contribution in [0.3, 0.4) is 0 Å². The van der Waals surface area contributed by atoms with Crippen molar-refractivity contribution in [3.63, 3.8) is 0 Å². The summed E-state index contributed by atoms with van der Waals surface area (Å²) in [5, 5.41) is 12.7. The van der Waals surface area contributed by atoms with E-state index in [0.29, 0.717) is 34.0 Å². The number of anilines is 1. The molecule has 0 unspecified atom stereocenters. The number of nitrogens with one attached hydrogen (secondary N) is 1. The number of hydrogen-bond acceptors (Lipinski definition) is 3. The zero-order chi connectivity index (χ0) is 19.6. The van der Waals surface area contributed by atoms with E-state index in [0.717, 1.165) is 15.7 Å². The van der Waals surface area contributed by atoms with Gasteiger partial charge in [0, 0.05) is 33.9 Å². The van der Waals surface area contributed by atoms with Crippen LogP contribution in [0.5, 0.6) is 0 Å². The molecule has 0 bridgehead atoms. The van der Waals surface area contributed by atoms with E-state index >= 15 is 0 Å². The minimum Gasteiger partial charge on any atom is -0.308 e. The smallest absolute Gasteiger partial charge is 0.227 e. The highest BCUT2D eigenvalue weighted by molar-refractivity contribution is 9.10. The Morgan fingerprint density at radius 2 is 1.93 bits per heavy atom. The van der Waals surface area contributed by atoms with Crippen LogP contribution in [0.4, 0.5) is 5.82 Å². The summed E-state index contributed by atoms with van der Waals surface area (Å²) in [6.07, 6.45) is 3.56. The number of nitrogens with zero attached hydrogens (tertiary/aromatic N) is 4. The molecule has 0 saturated heterocycles. The topological polar surface area (TPSA) is 64.7 Å². The average molecular weight is 492 g/mol. The highest BCUT2D eigenvalue weighted by Crippen LogP contribution is 2.27. The van der Waals surface area contributed by atoms with Gasteiger partial charge in [-0.3, -0.25) is 14.2 Å².